The summed E-state index contributed by atoms with van der Waals surface area (Å²) in [6, 6.07) is 5.77. The number of carbonyl (C=O) groups excluding carboxylic acids is 3. The van der Waals surface area contributed by atoms with Crippen LogP contribution in [0.1, 0.15) is 44.1 Å². The van der Waals surface area contributed by atoms with Gasteiger partial charge in [-0.1, -0.05) is 31.5 Å². The van der Waals surface area contributed by atoms with Gasteiger partial charge in [0.05, 0.1) is 5.39 Å². The number of fused-ring (bicyclic) bond motifs is 1. The van der Waals surface area contributed by atoms with Gasteiger partial charge in [-0.05, 0) is 26.3 Å². The fourth-order valence-electron chi connectivity index (χ4n) is 2.51. The molecule has 150 valence electrons. The van der Waals surface area contributed by atoms with Gasteiger partial charge >= 0.3 is 12.0 Å². The molecule has 1 aromatic carbocycles. The molecule has 0 aliphatic heterocycles. The molecule has 0 fully saturated rings. The first kappa shape index (κ1) is 21.1. The molecule has 0 atom stereocenters. The zero-order valence-corrected chi connectivity index (χ0v) is 16.2. The predicted molar refractivity (Wildman–Crippen MR) is 103 cm³/mol. The Morgan fingerprint density at radius 2 is 1.86 bits per heavy atom. The number of esters is 1. The molecule has 0 saturated carbocycles. The number of rotatable bonds is 7. The van der Waals surface area contributed by atoms with Gasteiger partial charge in [-0.2, -0.15) is 5.10 Å². The number of ether oxygens (including phenoxy) is 1. The lowest BCUT2D eigenvalue weighted by atomic mass is 10.1. The van der Waals surface area contributed by atoms with Crippen molar-refractivity contribution in [3.05, 3.63) is 40.3 Å². The summed E-state index contributed by atoms with van der Waals surface area (Å²) in [6.45, 7) is 5.20. The predicted octanol–water partition coefficient (Wildman–Crippen LogP) is 1.59. The molecule has 0 unspecified atom stereocenters. The van der Waals surface area contributed by atoms with Crippen LogP contribution in [-0.4, -0.2) is 40.3 Å². The Bertz CT molecular complexity index is 936. The number of benzene rings is 1. The number of aromatic nitrogens is 2. The minimum Gasteiger partial charge on any atom is -0.451 e. The van der Waals surface area contributed by atoms with E-state index in [0.29, 0.717) is 17.3 Å². The van der Waals surface area contributed by atoms with Gasteiger partial charge in [0, 0.05) is 18.0 Å². The van der Waals surface area contributed by atoms with Crippen molar-refractivity contribution in [2.45, 2.75) is 46.2 Å². The van der Waals surface area contributed by atoms with Crippen LogP contribution in [0.5, 0.6) is 0 Å². The Morgan fingerprint density at radius 3 is 2.50 bits per heavy atom. The van der Waals surface area contributed by atoms with Gasteiger partial charge in [-0.25, -0.2) is 14.3 Å². The van der Waals surface area contributed by atoms with E-state index in [-0.39, 0.29) is 17.3 Å². The van der Waals surface area contributed by atoms with Gasteiger partial charge in [0.1, 0.15) is 0 Å². The number of imide groups is 1. The lowest BCUT2D eigenvalue weighted by Crippen LogP contribution is -2.44. The first-order chi connectivity index (χ1) is 13.3. The average molecular weight is 388 g/mol. The van der Waals surface area contributed by atoms with E-state index in [1.807, 2.05) is 6.92 Å². The van der Waals surface area contributed by atoms with Gasteiger partial charge in [-0.15, -0.1) is 0 Å². The van der Waals surface area contributed by atoms with Gasteiger partial charge in [0.2, 0.25) is 0 Å². The maximum Gasteiger partial charge on any atom is 0.359 e. The number of urea groups is 1. The second kappa shape index (κ2) is 9.63. The number of nitrogens with one attached hydrogen (secondary N) is 2. The zero-order chi connectivity index (χ0) is 20.7. The van der Waals surface area contributed by atoms with Crippen molar-refractivity contribution in [1.82, 2.24) is 20.4 Å². The van der Waals surface area contributed by atoms with Gasteiger partial charge in [0.15, 0.2) is 12.3 Å². The lowest BCUT2D eigenvalue weighted by Gasteiger charge is -2.11. The van der Waals surface area contributed by atoms with Crippen molar-refractivity contribution in [2.75, 3.05) is 6.61 Å². The van der Waals surface area contributed by atoms with Crippen LogP contribution in [0.3, 0.4) is 0 Å². The minimum absolute atomic E-state index is 0.0502. The highest BCUT2D eigenvalue weighted by Gasteiger charge is 2.19. The molecule has 3 amide bonds. The molecule has 0 radical (unpaired) electrons. The van der Waals surface area contributed by atoms with E-state index in [1.165, 1.54) is 4.68 Å². The standard InChI is InChI=1S/C19H24N4O5/c1-4-5-10-23-17(25)14-9-7-6-8-13(14)16(22-23)18(26)28-11-15(24)21-19(27)20-12(2)3/h6-9,12H,4-5,10-11H2,1-3H3,(H2,20,21,24,27). The maximum atomic E-state index is 12.5. The minimum atomic E-state index is -0.846. The van der Waals surface area contributed by atoms with E-state index in [1.54, 1.807) is 38.1 Å². The van der Waals surface area contributed by atoms with E-state index >= 15 is 0 Å². The molecule has 0 spiro atoms. The van der Waals surface area contributed by atoms with E-state index in [4.69, 9.17) is 4.74 Å². The Labute approximate surface area is 162 Å². The molecule has 2 rings (SSSR count). The maximum absolute atomic E-state index is 12.5. The number of nitrogens with zero attached hydrogens (tertiary/aromatic N) is 2. The lowest BCUT2D eigenvalue weighted by molar-refractivity contribution is -0.123. The van der Waals surface area contributed by atoms with Crippen LogP contribution in [-0.2, 0) is 16.1 Å². The van der Waals surface area contributed by atoms with Crippen molar-refractivity contribution in [3.8, 4) is 0 Å². The summed E-state index contributed by atoms with van der Waals surface area (Å²) in [5.74, 6) is -1.61. The fraction of sp³-hybridized carbons (Fsp3) is 0.421. The highest BCUT2D eigenvalue weighted by molar-refractivity contribution is 6.03. The monoisotopic (exact) mass is 388 g/mol. The SMILES string of the molecule is CCCCn1nc(C(=O)OCC(=O)NC(=O)NC(C)C)c2ccccc2c1=O. The molecular formula is C19H24N4O5. The normalized spacial score (nSPS) is 10.7. The third kappa shape index (κ3) is 5.38. The molecule has 0 aliphatic carbocycles. The molecule has 0 saturated heterocycles. The molecular weight excluding hydrogens is 364 g/mol. The smallest absolute Gasteiger partial charge is 0.359 e. The number of hydrogen-bond donors (Lipinski definition) is 2. The van der Waals surface area contributed by atoms with Gasteiger partial charge < -0.3 is 10.1 Å². The molecule has 9 heteroatoms. The summed E-state index contributed by atoms with van der Waals surface area (Å²) < 4.78 is 6.23. The zero-order valence-electron chi connectivity index (χ0n) is 16.2. The van der Waals surface area contributed by atoms with Crippen molar-refractivity contribution >= 4 is 28.7 Å². The number of unbranched alkanes of at least 4 members (excludes halogenated alkanes) is 1. The first-order valence-electron chi connectivity index (χ1n) is 9.10. The molecule has 9 nitrogen and oxygen atoms in total. The van der Waals surface area contributed by atoms with Crippen molar-refractivity contribution < 1.29 is 19.1 Å². The van der Waals surface area contributed by atoms with E-state index in [2.05, 4.69) is 15.7 Å². The summed E-state index contributed by atoms with van der Waals surface area (Å²) in [4.78, 5) is 48.3. The quantitative estimate of drug-likeness (QED) is 0.695. The molecule has 28 heavy (non-hydrogen) atoms. The largest absolute Gasteiger partial charge is 0.451 e. The molecule has 0 bridgehead atoms. The number of carbonyl (C=O) groups is 3. The Kier molecular flexibility index (Phi) is 7.25. The third-order valence-electron chi connectivity index (χ3n) is 3.79. The van der Waals surface area contributed by atoms with Crippen molar-refractivity contribution in [2.24, 2.45) is 0 Å². The van der Waals surface area contributed by atoms with E-state index in [0.717, 1.165) is 12.8 Å². The number of amides is 3. The van der Waals surface area contributed by atoms with E-state index in [9.17, 15) is 19.2 Å². The molecule has 1 heterocycles. The van der Waals surface area contributed by atoms with Crippen LogP contribution in [0.4, 0.5) is 4.79 Å². The molecule has 2 N–H and O–H groups in total. The molecule has 1 aromatic heterocycles. The highest BCUT2D eigenvalue weighted by atomic mass is 16.5. The van der Waals surface area contributed by atoms with Crippen LogP contribution < -0.4 is 16.2 Å². The van der Waals surface area contributed by atoms with Gasteiger partial charge in [-0.3, -0.25) is 14.9 Å². The summed E-state index contributed by atoms with van der Waals surface area (Å²) in [6.07, 6.45) is 1.59. The van der Waals surface area contributed by atoms with E-state index < -0.39 is 24.5 Å². The fourth-order valence-corrected chi connectivity index (χ4v) is 2.51. The number of aryl methyl sites for hydroxylation is 1. The van der Waals surface area contributed by atoms with Crippen LogP contribution in [0.25, 0.3) is 10.8 Å². The van der Waals surface area contributed by atoms with Crippen molar-refractivity contribution in [1.29, 1.82) is 0 Å². The summed E-state index contributed by atoms with van der Waals surface area (Å²) in [5, 5.41) is 9.38. The topological polar surface area (TPSA) is 119 Å². The molecule has 2 aromatic rings. The van der Waals surface area contributed by atoms with Crippen LogP contribution in [0.2, 0.25) is 0 Å². The van der Waals surface area contributed by atoms with Gasteiger partial charge in [0.25, 0.3) is 11.5 Å². The van der Waals surface area contributed by atoms with Crippen LogP contribution in [0.15, 0.2) is 29.1 Å². The van der Waals surface area contributed by atoms with Crippen LogP contribution in [0, 0.1) is 0 Å². The molecule has 0 aliphatic rings. The Hall–Kier alpha value is -3.23. The highest BCUT2D eigenvalue weighted by Crippen LogP contribution is 2.14. The number of hydrogen-bond acceptors (Lipinski definition) is 6. The second-order valence-corrected chi connectivity index (χ2v) is 6.53. The average Bonchev–Trinajstić information content (AvgIpc) is 2.65. The first-order valence-corrected chi connectivity index (χ1v) is 9.10. The Morgan fingerprint density at radius 1 is 1.18 bits per heavy atom. The summed E-state index contributed by atoms with van der Waals surface area (Å²) >= 11 is 0. The summed E-state index contributed by atoms with van der Waals surface area (Å²) in [7, 11) is 0. The van der Waals surface area contributed by atoms with Crippen molar-refractivity contribution in [3.63, 3.8) is 0 Å². The third-order valence-corrected chi connectivity index (χ3v) is 3.79. The second-order valence-electron chi connectivity index (χ2n) is 6.53. The summed E-state index contributed by atoms with van der Waals surface area (Å²) in [5.41, 5.74) is -0.338. The Balaban J connectivity index is 2.18. The van der Waals surface area contributed by atoms with Crippen LogP contribution >= 0.6 is 0 Å².